The van der Waals surface area contributed by atoms with E-state index in [1.807, 2.05) is 4.98 Å². The lowest BCUT2D eigenvalue weighted by Crippen LogP contribution is -2.25. The van der Waals surface area contributed by atoms with Crippen LogP contribution in [0.25, 0.3) is 11.0 Å². The van der Waals surface area contributed by atoms with Crippen LogP contribution in [0.15, 0.2) is 27.8 Å². The average molecular weight is 398 g/mol. The van der Waals surface area contributed by atoms with Crippen LogP contribution >= 0.6 is 0 Å². The molecule has 150 valence electrons. The highest BCUT2D eigenvalue weighted by atomic mass is 19.4. The second-order valence-electron chi connectivity index (χ2n) is 7.01. The van der Waals surface area contributed by atoms with E-state index < -0.39 is 41.4 Å². The van der Waals surface area contributed by atoms with Crippen molar-refractivity contribution >= 4 is 11.0 Å². The maximum absolute atomic E-state index is 14.1. The topological polar surface area (TPSA) is 83.5 Å². The molecule has 2 N–H and O–H groups in total. The van der Waals surface area contributed by atoms with Crippen molar-refractivity contribution in [2.75, 3.05) is 0 Å². The quantitative estimate of drug-likeness (QED) is 0.662. The summed E-state index contributed by atoms with van der Waals surface area (Å²) in [5, 5.41) is 3.67. The van der Waals surface area contributed by atoms with Gasteiger partial charge in [-0.05, 0) is 30.0 Å². The molecule has 0 aliphatic rings. The molecule has 2 heterocycles. The van der Waals surface area contributed by atoms with Crippen molar-refractivity contribution in [1.29, 1.82) is 0 Å². The molecule has 6 nitrogen and oxygen atoms in total. The molecule has 0 radical (unpaired) electrons. The van der Waals surface area contributed by atoms with Gasteiger partial charge >= 0.3 is 11.9 Å². The van der Waals surface area contributed by atoms with Gasteiger partial charge in [-0.2, -0.15) is 18.3 Å². The first-order chi connectivity index (χ1) is 13.0. The first-order valence-electron chi connectivity index (χ1n) is 8.54. The highest BCUT2D eigenvalue weighted by Gasteiger charge is 2.33. The van der Waals surface area contributed by atoms with E-state index in [0.717, 1.165) is 0 Å². The minimum absolute atomic E-state index is 0.132. The van der Waals surface area contributed by atoms with Gasteiger partial charge in [0.25, 0.3) is 5.56 Å². The highest BCUT2D eigenvalue weighted by Crippen LogP contribution is 2.31. The van der Waals surface area contributed by atoms with Gasteiger partial charge in [0.15, 0.2) is 0 Å². The van der Waals surface area contributed by atoms with Crippen LogP contribution in [0, 0.1) is 18.7 Å². The predicted octanol–water partition coefficient (Wildman–Crippen LogP) is 3.21. The molecule has 1 aromatic carbocycles. The number of H-pyrrole nitrogens is 2. The van der Waals surface area contributed by atoms with E-state index in [0.29, 0.717) is 11.1 Å². The predicted molar refractivity (Wildman–Crippen MR) is 94.8 cm³/mol. The summed E-state index contributed by atoms with van der Waals surface area (Å²) >= 11 is 0. The molecule has 2 aromatic heterocycles. The van der Waals surface area contributed by atoms with Gasteiger partial charge in [-0.15, -0.1) is 0 Å². The summed E-state index contributed by atoms with van der Waals surface area (Å²) in [5.41, 5.74) is -1.58. The molecule has 0 saturated carbocycles. The van der Waals surface area contributed by atoms with E-state index in [9.17, 15) is 27.2 Å². The van der Waals surface area contributed by atoms with E-state index in [-0.39, 0.29) is 17.0 Å². The number of fused-ring (bicyclic) bond motifs is 1. The summed E-state index contributed by atoms with van der Waals surface area (Å²) in [6.45, 7) is 5.15. The van der Waals surface area contributed by atoms with Gasteiger partial charge in [-0.1, -0.05) is 26.0 Å². The SMILES string of the molecule is Cc1ccc([C@H](C(C)C)n2nc(CC(F)(F)F)c3c(=O)[nH]c(=O)[nH]c32)cc1F. The number of benzene rings is 1. The third-order valence-corrected chi connectivity index (χ3v) is 4.47. The monoisotopic (exact) mass is 398 g/mol. The summed E-state index contributed by atoms with van der Waals surface area (Å²) in [5.74, 6) is -0.701. The van der Waals surface area contributed by atoms with Gasteiger partial charge in [-0.25, -0.2) is 13.9 Å². The van der Waals surface area contributed by atoms with Gasteiger partial charge in [0.2, 0.25) is 0 Å². The fourth-order valence-corrected chi connectivity index (χ4v) is 3.26. The van der Waals surface area contributed by atoms with Crippen molar-refractivity contribution in [2.24, 2.45) is 5.92 Å². The van der Waals surface area contributed by atoms with E-state index in [1.54, 1.807) is 32.9 Å². The molecule has 0 aliphatic carbocycles. The lowest BCUT2D eigenvalue weighted by Gasteiger charge is -2.23. The number of halogens is 4. The molecular formula is C18H18F4N4O2. The summed E-state index contributed by atoms with van der Waals surface area (Å²) in [4.78, 5) is 28.2. The van der Waals surface area contributed by atoms with Gasteiger partial charge < -0.3 is 0 Å². The number of aryl methyl sites for hydroxylation is 1. The molecule has 28 heavy (non-hydrogen) atoms. The number of aromatic nitrogens is 4. The summed E-state index contributed by atoms with van der Waals surface area (Å²) in [6.07, 6.45) is -6.03. The Morgan fingerprint density at radius 2 is 1.86 bits per heavy atom. The molecular weight excluding hydrogens is 380 g/mol. The number of nitrogens with zero attached hydrogens (tertiary/aromatic N) is 2. The van der Waals surface area contributed by atoms with E-state index in [4.69, 9.17) is 0 Å². The second-order valence-corrected chi connectivity index (χ2v) is 7.01. The molecule has 0 unspecified atom stereocenters. The number of alkyl halides is 3. The molecule has 3 aromatic rings. The van der Waals surface area contributed by atoms with Gasteiger partial charge in [0, 0.05) is 0 Å². The first-order valence-corrected chi connectivity index (χ1v) is 8.54. The van der Waals surface area contributed by atoms with Crippen molar-refractivity contribution in [3.8, 4) is 0 Å². The zero-order chi connectivity index (χ0) is 20.8. The van der Waals surface area contributed by atoms with Crippen LogP contribution < -0.4 is 11.2 Å². The summed E-state index contributed by atoms with van der Waals surface area (Å²) in [7, 11) is 0. The zero-order valence-corrected chi connectivity index (χ0v) is 15.3. The van der Waals surface area contributed by atoms with Crippen molar-refractivity contribution in [2.45, 2.75) is 39.4 Å². The van der Waals surface area contributed by atoms with E-state index >= 15 is 0 Å². The molecule has 10 heteroatoms. The molecule has 0 bridgehead atoms. The number of rotatable bonds is 4. The molecule has 3 rings (SSSR count). The van der Waals surface area contributed by atoms with Crippen LogP contribution in [-0.2, 0) is 6.42 Å². The Hall–Kier alpha value is -2.91. The third-order valence-electron chi connectivity index (χ3n) is 4.47. The maximum atomic E-state index is 14.1. The van der Waals surface area contributed by atoms with E-state index in [1.165, 1.54) is 10.7 Å². The Balaban J connectivity index is 2.31. The fourth-order valence-electron chi connectivity index (χ4n) is 3.26. The van der Waals surface area contributed by atoms with E-state index in [2.05, 4.69) is 10.1 Å². The van der Waals surface area contributed by atoms with Gasteiger partial charge in [0.1, 0.15) is 16.9 Å². The van der Waals surface area contributed by atoms with Gasteiger partial charge in [0.05, 0.1) is 18.2 Å². The van der Waals surface area contributed by atoms with Crippen LogP contribution in [0.4, 0.5) is 17.6 Å². The van der Waals surface area contributed by atoms with Crippen LogP contribution in [0.2, 0.25) is 0 Å². The smallest absolute Gasteiger partial charge is 0.292 e. The molecule has 0 fully saturated rings. The summed E-state index contributed by atoms with van der Waals surface area (Å²) < 4.78 is 54.2. The minimum Gasteiger partial charge on any atom is -0.292 e. The Bertz CT molecular complexity index is 1140. The number of hydrogen-bond acceptors (Lipinski definition) is 3. The van der Waals surface area contributed by atoms with Crippen molar-refractivity contribution in [3.05, 3.63) is 61.7 Å². The standard InChI is InChI=1S/C18H18F4N4O2/c1-8(2)14(10-5-4-9(3)11(19)6-10)26-15-13(16(27)24-17(28)23-15)12(25-26)7-18(20,21)22/h4-6,8,14H,7H2,1-3H3,(H2,23,24,27,28)/t14-/m0/s1. The Labute approximate surface area is 156 Å². The Morgan fingerprint density at radius 1 is 1.18 bits per heavy atom. The van der Waals surface area contributed by atoms with Crippen LogP contribution in [0.3, 0.4) is 0 Å². The van der Waals surface area contributed by atoms with Crippen molar-refractivity contribution in [1.82, 2.24) is 19.7 Å². The van der Waals surface area contributed by atoms with Crippen LogP contribution in [-0.4, -0.2) is 25.9 Å². The van der Waals surface area contributed by atoms with Crippen molar-refractivity contribution in [3.63, 3.8) is 0 Å². The van der Waals surface area contributed by atoms with Crippen LogP contribution in [0.1, 0.15) is 36.7 Å². The first kappa shape index (κ1) is 19.8. The average Bonchev–Trinajstić information content (AvgIpc) is 2.87. The molecule has 1 atom stereocenters. The molecule has 0 aliphatic heterocycles. The second kappa shape index (κ2) is 6.92. The normalized spacial score (nSPS) is 13.4. The molecule has 0 amide bonds. The fraction of sp³-hybridized carbons (Fsp3) is 0.389. The van der Waals surface area contributed by atoms with Crippen molar-refractivity contribution < 1.29 is 17.6 Å². The lowest BCUT2D eigenvalue weighted by molar-refractivity contribution is -0.127. The minimum atomic E-state index is -4.60. The molecule has 0 saturated heterocycles. The third kappa shape index (κ3) is 3.71. The number of nitrogens with one attached hydrogen (secondary N) is 2. The van der Waals surface area contributed by atoms with Crippen LogP contribution in [0.5, 0.6) is 0 Å². The number of hydrogen-bond donors (Lipinski definition) is 2. The summed E-state index contributed by atoms with van der Waals surface area (Å²) in [6, 6.07) is 3.78. The Kier molecular flexibility index (Phi) is 4.90. The largest absolute Gasteiger partial charge is 0.394 e. The molecule has 0 spiro atoms. The number of aromatic amines is 2. The lowest BCUT2D eigenvalue weighted by atomic mass is 9.95. The highest BCUT2D eigenvalue weighted by molar-refractivity contribution is 5.77. The van der Waals surface area contributed by atoms with Gasteiger partial charge in [-0.3, -0.25) is 14.8 Å². The Morgan fingerprint density at radius 3 is 2.43 bits per heavy atom. The zero-order valence-electron chi connectivity index (χ0n) is 15.3. The maximum Gasteiger partial charge on any atom is 0.394 e.